The number of rotatable bonds is 4. The summed E-state index contributed by atoms with van der Waals surface area (Å²) in [6.07, 6.45) is 3.36. The lowest BCUT2D eigenvalue weighted by molar-refractivity contribution is -0.118. The zero-order valence-corrected chi connectivity index (χ0v) is 13.6. The van der Waals surface area contributed by atoms with Crippen LogP contribution in [0.3, 0.4) is 0 Å². The van der Waals surface area contributed by atoms with Crippen LogP contribution in [-0.4, -0.2) is 12.5 Å². The number of ether oxygens (including phenoxy) is 1. The Hall–Kier alpha value is -3.08. The van der Waals surface area contributed by atoms with Crippen LogP contribution in [0.2, 0.25) is 0 Å². The van der Waals surface area contributed by atoms with Gasteiger partial charge in [0.15, 0.2) is 6.61 Å². The molecule has 25 heavy (non-hydrogen) atoms. The molecule has 4 rings (SSSR count). The number of nitrogens with one attached hydrogen (secondary N) is 1. The Bertz CT molecular complexity index is 1010. The van der Waals surface area contributed by atoms with Crippen molar-refractivity contribution in [1.29, 1.82) is 0 Å². The third kappa shape index (κ3) is 3.40. The predicted molar refractivity (Wildman–Crippen MR) is 95.1 cm³/mol. The zero-order chi connectivity index (χ0) is 17.2. The van der Waals surface area contributed by atoms with Gasteiger partial charge in [-0.2, -0.15) is 0 Å². The summed E-state index contributed by atoms with van der Waals surface area (Å²) in [6, 6.07) is 14.2. The van der Waals surface area contributed by atoms with Gasteiger partial charge in [-0.05, 0) is 60.7 Å². The summed E-state index contributed by atoms with van der Waals surface area (Å²) < 4.78 is 10.6. The van der Waals surface area contributed by atoms with Crippen LogP contribution < -0.4 is 15.7 Å². The Balaban J connectivity index is 1.40. The molecule has 0 fully saturated rings. The molecule has 1 heterocycles. The molecule has 1 N–H and O–H groups in total. The standard InChI is InChI=1S/C20H17NO4/c22-19(21-16-7-4-13-2-1-3-15(13)10-16)12-24-17-8-5-14-6-9-20(23)25-18(14)11-17/h4-11H,1-3,12H2,(H,21,22). The van der Waals surface area contributed by atoms with Crippen LogP contribution in [0.25, 0.3) is 11.0 Å². The molecule has 5 nitrogen and oxygen atoms in total. The van der Waals surface area contributed by atoms with Crippen LogP contribution >= 0.6 is 0 Å². The molecule has 1 aromatic heterocycles. The van der Waals surface area contributed by atoms with Crippen molar-refractivity contribution in [1.82, 2.24) is 0 Å². The van der Waals surface area contributed by atoms with E-state index in [2.05, 4.69) is 11.4 Å². The summed E-state index contributed by atoms with van der Waals surface area (Å²) in [5.41, 5.74) is 3.48. The van der Waals surface area contributed by atoms with Gasteiger partial charge >= 0.3 is 5.63 Å². The number of hydrogen-bond donors (Lipinski definition) is 1. The van der Waals surface area contributed by atoms with E-state index in [0.717, 1.165) is 23.9 Å². The number of hydrogen-bond acceptors (Lipinski definition) is 4. The van der Waals surface area contributed by atoms with E-state index in [9.17, 15) is 9.59 Å². The van der Waals surface area contributed by atoms with E-state index in [-0.39, 0.29) is 12.5 Å². The van der Waals surface area contributed by atoms with Crippen LogP contribution in [0.5, 0.6) is 5.75 Å². The summed E-state index contributed by atoms with van der Waals surface area (Å²) >= 11 is 0. The molecule has 1 aliphatic rings. The largest absolute Gasteiger partial charge is 0.484 e. The molecule has 0 atom stereocenters. The van der Waals surface area contributed by atoms with Crippen molar-refractivity contribution in [3.63, 3.8) is 0 Å². The number of carbonyl (C=O) groups is 1. The van der Waals surface area contributed by atoms with Crippen molar-refractivity contribution in [2.24, 2.45) is 0 Å². The minimum absolute atomic E-state index is 0.111. The summed E-state index contributed by atoms with van der Waals surface area (Å²) in [4.78, 5) is 23.4. The fourth-order valence-corrected chi connectivity index (χ4v) is 3.13. The van der Waals surface area contributed by atoms with Crippen LogP contribution in [-0.2, 0) is 17.6 Å². The molecule has 0 aliphatic heterocycles. The van der Waals surface area contributed by atoms with Crippen LogP contribution in [0.15, 0.2) is 57.7 Å². The summed E-state index contributed by atoms with van der Waals surface area (Å²) in [5.74, 6) is 0.249. The second kappa shape index (κ2) is 6.43. The van der Waals surface area contributed by atoms with Crippen LogP contribution in [0, 0.1) is 0 Å². The molecule has 1 aliphatic carbocycles. The molecule has 2 aromatic carbocycles. The number of benzene rings is 2. The van der Waals surface area contributed by atoms with E-state index < -0.39 is 5.63 Å². The lowest BCUT2D eigenvalue weighted by atomic mass is 10.1. The molecule has 0 radical (unpaired) electrons. The number of amides is 1. The maximum Gasteiger partial charge on any atom is 0.336 e. The Morgan fingerprint density at radius 2 is 1.88 bits per heavy atom. The van der Waals surface area contributed by atoms with Crippen LogP contribution in [0.4, 0.5) is 5.69 Å². The van der Waals surface area contributed by atoms with Crippen molar-refractivity contribution in [2.45, 2.75) is 19.3 Å². The van der Waals surface area contributed by atoms with Gasteiger partial charge in [-0.15, -0.1) is 0 Å². The molecule has 0 saturated carbocycles. The first-order valence-electron chi connectivity index (χ1n) is 8.26. The smallest absolute Gasteiger partial charge is 0.336 e. The molecule has 0 bridgehead atoms. The topological polar surface area (TPSA) is 68.5 Å². The SMILES string of the molecule is O=C(COc1ccc2ccc(=O)oc2c1)Nc1ccc2c(c1)CCC2. The Labute approximate surface area is 144 Å². The molecule has 5 heteroatoms. The van der Waals surface area contributed by atoms with Gasteiger partial charge < -0.3 is 14.5 Å². The zero-order valence-electron chi connectivity index (χ0n) is 13.6. The van der Waals surface area contributed by atoms with Gasteiger partial charge in [0.05, 0.1) is 0 Å². The molecule has 1 amide bonds. The molecule has 126 valence electrons. The normalized spacial score (nSPS) is 12.8. The van der Waals surface area contributed by atoms with Gasteiger partial charge in [0.2, 0.25) is 0 Å². The van der Waals surface area contributed by atoms with Crippen molar-refractivity contribution >= 4 is 22.6 Å². The van der Waals surface area contributed by atoms with E-state index in [4.69, 9.17) is 9.15 Å². The highest BCUT2D eigenvalue weighted by atomic mass is 16.5. The fourth-order valence-electron chi connectivity index (χ4n) is 3.13. The van der Waals surface area contributed by atoms with Gasteiger partial charge in [0.1, 0.15) is 11.3 Å². The van der Waals surface area contributed by atoms with E-state index >= 15 is 0 Å². The average Bonchev–Trinajstić information content (AvgIpc) is 3.07. The van der Waals surface area contributed by atoms with E-state index in [1.807, 2.05) is 12.1 Å². The van der Waals surface area contributed by atoms with Gasteiger partial charge in [0, 0.05) is 23.2 Å². The summed E-state index contributed by atoms with van der Waals surface area (Å²) in [5, 5.41) is 3.65. The second-order valence-corrected chi connectivity index (χ2v) is 6.13. The third-order valence-corrected chi connectivity index (χ3v) is 4.35. The Morgan fingerprint density at radius 3 is 2.80 bits per heavy atom. The van der Waals surface area contributed by atoms with Crippen LogP contribution in [0.1, 0.15) is 17.5 Å². The minimum Gasteiger partial charge on any atom is -0.484 e. The highest BCUT2D eigenvalue weighted by Crippen LogP contribution is 2.25. The Kier molecular flexibility index (Phi) is 3.98. The highest BCUT2D eigenvalue weighted by molar-refractivity contribution is 5.92. The van der Waals surface area contributed by atoms with Gasteiger partial charge in [0.25, 0.3) is 5.91 Å². The van der Waals surface area contributed by atoms with E-state index in [1.165, 1.54) is 23.6 Å². The number of anilines is 1. The van der Waals surface area contributed by atoms with E-state index in [0.29, 0.717) is 11.3 Å². The van der Waals surface area contributed by atoms with Gasteiger partial charge in [-0.3, -0.25) is 4.79 Å². The summed E-state index contributed by atoms with van der Waals surface area (Å²) in [6.45, 7) is -0.111. The lowest BCUT2D eigenvalue weighted by Gasteiger charge is -2.09. The second-order valence-electron chi connectivity index (χ2n) is 6.13. The number of fused-ring (bicyclic) bond motifs is 2. The number of aryl methyl sites for hydroxylation is 2. The van der Waals surface area contributed by atoms with E-state index in [1.54, 1.807) is 24.3 Å². The van der Waals surface area contributed by atoms with Crippen molar-refractivity contribution < 1.29 is 13.9 Å². The molecular formula is C20H17NO4. The quantitative estimate of drug-likeness (QED) is 0.743. The lowest BCUT2D eigenvalue weighted by Crippen LogP contribution is -2.20. The maximum atomic E-state index is 12.1. The molecule has 0 spiro atoms. The van der Waals surface area contributed by atoms with Crippen molar-refractivity contribution in [3.8, 4) is 5.75 Å². The number of carbonyl (C=O) groups excluding carboxylic acids is 1. The fraction of sp³-hybridized carbons (Fsp3) is 0.200. The molecule has 0 unspecified atom stereocenters. The summed E-state index contributed by atoms with van der Waals surface area (Å²) in [7, 11) is 0. The monoisotopic (exact) mass is 335 g/mol. The molecular weight excluding hydrogens is 318 g/mol. The van der Waals surface area contributed by atoms with Gasteiger partial charge in [-0.1, -0.05) is 6.07 Å². The third-order valence-electron chi connectivity index (χ3n) is 4.35. The first-order chi connectivity index (χ1) is 12.2. The Morgan fingerprint density at radius 1 is 1.04 bits per heavy atom. The minimum atomic E-state index is -0.418. The predicted octanol–water partition coefficient (Wildman–Crippen LogP) is 3.30. The van der Waals surface area contributed by atoms with Crippen molar-refractivity contribution in [2.75, 3.05) is 11.9 Å². The van der Waals surface area contributed by atoms with Gasteiger partial charge in [-0.25, -0.2) is 4.79 Å². The first kappa shape index (κ1) is 15.4. The average molecular weight is 335 g/mol. The molecule has 0 saturated heterocycles. The van der Waals surface area contributed by atoms with Crippen molar-refractivity contribution in [3.05, 3.63) is 70.1 Å². The highest BCUT2D eigenvalue weighted by Gasteiger charge is 2.12. The first-order valence-corrected chi connectivity index (χ1v) is 8.26. The maximum absolute atomic E-state index is 12.1. The molecule has 3 aromatic rings.